The summed E-state index contributed by atoms with van der Waals surface area (Å²) >= 11 is 0. The third-order valence-electron chi connectivity index (χ3n) is 4.72. The van der Waals surface area contributed by atoms with Crippen LogP contribution in [0.1, 0.15) is 21.6 Å². The zero-order valence-corrected chi connectivity index (χ0v) is 15.6. The first kappa shape index (κ1) is 20.0. The molecule has 1 aromatic heterocycles. The van der Waals surface area contributed by atoms with E-state index in [-0.39, 0.29) is 47.9 Å². The van der Waals surface area contributed by atoms with Crippen LogP contribution in [0.3, 0.4) is 0 Å². The fourth-order valence-corrected chi connectivity index (χ4v) is 3.27. The number of likely N-dealkylation sites (tertiary alicyclic amines) is 1. The number of nitrogens with one attached hydrogen (secondary N) is 1. The van der Waals surface area contributed by atoms with E-state index in [9.17, 15) is 19.7 Å². The van der Waals surface area contributed by atoms with Gasteiger partial charge in [0.25, 0.3) is 0 Å². The molecular weight excluding hydrogens is 388 g/mol. The molecule has 0 unspecified atom stereocenters. The first-order chi connectivity index (χ1) is 13.0. The third kappa shape index (κ3) is 3.92. The number of carbonyl (C=O) groups is 2. The van der Waals surface area contributed by atoms with Gasteiger partial charge in [-0.3, -0.25) is 4.79 Å². The minimum absolute atomic E-state index is 0. The predicted molar refractivity (Wildman–Crippen MR) is 101 cm³/mol. The van der Waals surface area contributed by atoms with E-state index in [0.717, 1.165) is 11.3 Å². The molecule has 0 atom stereocenters. The standard InChI is InChI=1S/C17H18BN3O6.ClH/c22-14(5-11-6-19-9-20-11)21-7-12(8-21)26-13-2-1-10-3-4-18(25)27-16(10)15(13)17(23)24;/h1-2,6,9,12,25H,3-5,7-8H2,(H,19,20)(H,23,24);1H. The summed E-state index contributed by atoms with van der Waals surface area (Å²) in [6, 6.07) is 3.36. The number of rotatable bonds is 5. The van der Waals surface area contributed by atoms with Crippen molar-refractivity contribution in [1.29, 1.82) is 0 Å². The highest BCUT2D eigenvalue weighted by molar-refractivity contribution is 6.44. The van der Waals surface area contributed by atoms with E-state index >= 15 is 0 Å². The number of halogens is 1. The van der Waals surface area contributed by atoms with Gasteiger partial charge in [-0.2, -0.15) is 0 Å². The molecule has 9 nitrogen and oxygen atoms in total. The van der Waals surface area contributed by atoms with E-state index in [1.807, 2.05) is 0 Å². The van der Waals surface area contributed by atoms with Crippen LogP contribution in [0.15, 0.2) is 24.7 Å². The summed E-state index contributed by atoms with van der Waals surface area (Å²) in [6.45, 7) is 0.763. The Kier molecular flexibility index (Phi) is 5.80. The molecule has 1 amide bonds. The number of nitrogens with zero attached hydrogens (tertiary/aromatic N) is 2. The molecule has 4 rings (SSSR count). The lowest BCUT2D eigenvalue weighted by Crippen LogP contribution is -2.56. The molecule has 11 heteroatoms. The number of hydrogen-bond acceptors (Lipinski definition) is 6. The van der Waals surface area contributed by atoms with E-state index in [1.165, 1.54) is 6.33 Å². The maximum Gasteiger partial charge on any atom is 0.522 e. The summed E-state index contributed by atoms with van der Waals surface area (Å²) in [5.41, 5.74) is 1.38. The summed E-state index contributed by atoms with van der Waals surface area (Å²) in [4.78, 5) is 32.3. The summed E-state index contributed by atoms with van der Waals surface area (Å²) in [6.07, 6.45) is 4.02. The summed E-state index contributed by atoms with van der Waals surface area (Å²) in [7, 11) is -1.02. The van der Waals surface area contributed by atoms with Crippen LogP contribution in [0.25, 0.3) is 0 Å². The maximum absolute atomic E-state index is 12.2. The highest BCUT2D eigenvalue weighted by Crippen LogP contribution is 2.37. The number of aromatic carboxylic acids is 1. The molecule has 28 heavy (non-hydrogen) atoms. The van der Waals surface area contributed by atoms with Crippen LogP contribution >= 0.6 is 12.4 Å². The minimum atomic E-state index is -1.18. The van der Waals surface area contributed by atoms with Gasteiger partial charge in [-0.15, -0.1) is 12.4 Å². The van der Waals surface area contributed by atoms with Crippen LogP contribution < -0.4 is 9.39 Å². The molecular formula is C17H19BClN3O6. The van der Waals surface area contributed by atoms with Crippen LogP contribution in [0.2, 0.25) is 6.32 Å². The number of carboxylic acids is 1. The lowest BCUT2D eigenvalue weighted by molar-refractivity contribution is -0.139. The summed E-state index contributed by atoms with van der Waals surface area (Å²) < 4.78 is 11.1. The van der Waals surface area contributed by atoms with E-state index in [4.69, 9.17) is 9.39 Å². The molecule has 2 aliphatic rings. The molecule has 1 aromatic carbocycles. The second-order valence-electron chi connectivity index (χ2n) is 6.64. The quantitative estimate of drug-likeness (QED) is 0.625. The van der Waals surface area contributed by atoms with Crippen molar-refractivity contribution in [2.24, 2.45) is 0 Å². The van der Waals surface area contributed by atoms with Crippen molar-refractivity contribution in [2.75, 3.05) is 13.1 Å². The number of H-pyrrole nitrogens is 1. The number of ether oxygens (including phenoxy) is 1. The molecule has 2 aliphatic heterocycles. The summed E-state index contributed by atoms with van der Waals surface area (Å²) in [5, 5.41) is 19.3. The topological polar surface area (TPSA) is 125 Å². The number of aromatic amines is 1. The van der Waals surface area contributed by atoms with Crippen molar-refractivity contribution in [3.05, 3.63) is 41.5 Å². The van der Waals surface area contributed by atoms with Crippen molar-refractivity contribution < 1.29 is 29.1 Å². The number of carboxylic acid groups (broad SMARTS) is 1. The molecule has 0 bridgehead atoms. The van der Waals surface area contributed by atoms with Gasteiger partial charge in [-0.1, -0.05) is 6.07 Å². The largest absolute Gasteiger partial charge is 0.535 e. The number of aryl methyl sites for hydroxylation is 1. The number of amides is 1. The second-order valence-corrected chi connectivity index (χ2v) is 6.64. The average Bonchev–Trinajstić information content (AvgIpc) is 3.09. The zero-order valence-electron chi connectivity index (χ0n) is 14.8. The van der Waals surface area contributed by atoms with Crippen molar-refractivity contribution in [3.63, 3.8) is 0 Å². The molecule has 2 aromatic rings. The Bertz CT molecular complexity index is 872. The minimum Gasteiger partial charge on any atom is -0.535 e. The Labute approximate surface area is 167 Å². The fourth-order valence-electron chi connectivity index (χ4n) is 3.27. The van der Waals surface area contributed by atoms with Gasteiger partial charge in [-0.25, -0.2) is 9.78 Å². The van der Waals surface area contributed by atoms with Gasteiger partial charge in [0.1, 0.15) is 23.2 Å². The van der Waals surface area contributed by atoms with Crippen LogP contribution in [0, 0.1) is 0 Å². The Hall–Kier alpha value is -2.72. The predicted octanol–water partition coefficient (Wildman–Crippen LogP) is 0.777. The lowest BCUT2D eigenvalue weighted by atomic mass is 9.78. The van der Waals surface area contributed by atoms with Crippen molar-refractivity contribution in [2.45, 2.75) is 25.3 Å². The Balaban J connectivity index is 0.00000225. The van der Waals surface area contributed by atoms with Gasteiger partial charge in [0.2, 0.25) is 5.91 Å². The molecule has 0 spiro atoms. The van der Waals surface area contributed by atoms with Gasteiger partial charge in [0.05, 0.1) is 25.8 Å². The monoisotopic (exact) mass is 407 g/mol. The van der Waals surface area contributed by atoms with E-state index < -0.39 is 13.1 Å². The van der Waals surface area contributed by atoms with Crippen LogP contribution in [0.4, 0.5) is 0 Å². The van der Waals surface area contributed by atoms with Crippen molar-refractivity contribution >= 4 is 31.4 Å². The first-order valence-electron chi connectivity index (χ1n) is 8.67. The number of aromatic nitrogens is 2. The Morgan fingerprint density at radius 1 is 1.39 bits per heavy atom. The molecule has 0 aliphatic carbocycles. The highest BCUT2D eigenvalue weighted by atomic mass is 35.5. The Morgan fingerprint density at radius 3 is 2.86 bits per heavy atom. The molecule has 3 heterocycles. The molecule has 3 N–H and O–H groups in total. The average molecular weight is 408 g/mol. The van der Waals surface area contributed by atoms with Gasteiger partial charge in [0, 0.05) is 11.9 Å². The SMILES string of the molecule is Cl.O=C(O)c1c(OC2CN(C(=O)Cc3cnc[nH]3)C2)ccc2c1OB(O)CC2. The number of hydrogen-bond donors (Lipinski definition) is 3. The smallest absolute Gasteiger partial charge is 0.522 e. The number of fused-ring (bicyclic) bond motifs is 1. The molecule has 148 valence electrons. The van der Waals surface area contributed by atoms with E-state index in [2.05, 4.69) is 9.97 Å². The zero-order chi connectivity index (χ0) is 19.0. The highest BCUT2D eigenvalue weighted by Gasteiger charge is 2.35. The summed E-state index contributed by atoms with van der Waals surface area (Å²) in [5.74, 6) is -0.886. The Morgan fingerprint density at radius 2 is 2.18 bits per heavy atom. The fraction of sp³-hybridized carbons (Fsp3) is 0.353. The van der Waals surface area contributed by atoms with E-state index in [0.29, 0.717) is 25.8 Å². The lowest BCUT2D eigenvalue weighted by Gasteiger charge is -2.39. The van der Waals surface area contributed by atoms with Crippen LogP contribution in [-0.2, 0) is 17.6 Å². The van der Waals surface area contributed by atoms with Crippen molar-refractivity contribution in [1.82, 2.24) is 14.9 Å². The normalized spacial score (nSPS) is 15.8. The van der Waals surface area contributed by atoms with E-state index in [1.54, 1.807) is 23.2 Å². The molecule has 1 fully saturated rings. The van der Waals surface area contributed by atoms with Crippen LogP contribution in [-0.4, -0.2) is 63.2 Å². The maximum atomic E-state index is 12.2. The van der Waals surface area contributed by atoms with Gasteiger partial charge in [-0.05, 0) is 24.4 Å². The number of carbonyl (C=O) groups excluding carboxylic acids is 1. The molecule has 0 saturated carbocycles. The van der Waals surface area contributed by atoms with Crippen LogP contribution in [0.5, 0.6) is 11.5 Å². The first-order valence-corrected chi connectivity index (χ1v) is 8.67. The number of benzene rings is 1. The third-order valence-corrected chi connectivity index (χ3v) is 4.72. The molecule has 0 radical (unpaired) electrons. The van der Waals surface area contributed by atoms with Crippen molar-refractivity contribution in [3.8, 4) is 11.5 Å². The van der Waals surface area contributed by atoms with Gasteiger partial charge >= 0.3 is 13.1 Å². The number of imidazole rings is 1. The van der Waals surface area contributed by atoms with Gasteiger partial charge < -0.3 is 29.4 Å². The molecule has 1 saturated heterocycles. The second kappa shape index (κ2) is 8.11. The van der Waals surface area contributed by atoms with Gasteiger partial charge in [0.15, 0.2) is 0 Å².